The molecule has 0 saturated carbocycles. The van der Waals surface area contributed by atoms with Crippen LogP contribution < -0.4 is 9.46 Å². The van der Waals surface area contributed by atoms with Gasteiger partial charge in [0.2, 0.25) is 10.0 Å². The molecule has 1 aliphatic heterocycles. The number of nitrogens with one attached hydrogen (secondary N) is 1. The molecule has 0 spiro atoms. The molecule has 0 radical (unpaired) electrons. The third kappa shape index (κ3) is 5.81. The van der Waals surface area contributed by atoms with E-state index in [1.165, 1.54) is 17.8 Å². The smallest absolute Gasteiger partial charge is 0.255 e. The molecular formula is C23H30N2O4S2. The van der Waals surface area contributed by atoms with Crippen LogP contribution in [0.5, 0.6) is 5.75 Å². The highest BCUT2D eigenvalue weighted by molar-refractivity contribution is 7.98. The summed E-state index contributed by atoms with van der Waals surface area (Å²) in [6.07, 6.45) is 3.86. The maximum Gasteiger partial charge on any atom is 0.255 e. The maximum atomic E-state index is 12.9. The Balaban J connectivity index is 1.67. The lowest BCUT2D eigenvalue weighted by Gasteiger charge is -2.18. The normalized spacial score (nSPS) is 14.3. The number of ether oxygens (including phenoxy) is 1. The summed E-state index contributed by atoms with van der Waals surface area (Å²) in [5, 5.41) is 0. The van der Waals surface area contributed by atoms with Gasteiger partial charge in [-0.2, -0.15) is 0 Å². The fourth-order valence-electron chi connectivity index (χ4n) is 3.62. The molecule has 31 heavy (non-hydrogen) atoms. The average molecular weight is 463 g/mol. The van der Waals surface area contributed by atoms with Gasteiger partial charge in [0.25, 0.3) is 5.91 Å². The molecule has 1 saturated heterocycles. The molecule has 0 bridgehead atoms. The van der Waals surface area contributed by atoms with E-state index in [-0.39, 0.29) is 24.0 Å². The number of rotatable bonds is 9. The molecule has 0 aliphatic carbocycles. The maximum absolute atomic E-state index is 12.9. The van der Waals surface area contributed by atoms with Gasteiger partial charge in [-0.3, -0.25) is 4.79 Å². The molecule has 2 aromatic rings. The fourth-order valence-corrected chi connectivity index (χ4v) is 5.23. The predicted octanol–water partition coefficient (Wildman–Crippen LogP) is 4.13. The molecule has 2 aromatic carbocycles. The summed E-state index contributed by atoms with van der Waals surface area (Å²) >= 11 is 1.44. The van der Waals surface area contributed by atoms with Gasteiger partial charge < -0.3 is 9.64 Å². The number of thioether (sulfide) groups is 1. The Kier molecular flexibility index (Phi) is 8.02. The Hall–Kier alpha value is -2.03. The molecule has 168 valence electrons. The van der Waals surface area contributed by atoms with E-state index in [2.05, 4.69) is 18.6 Å². The first kappa shape index (κ1) is 23.6. The van der Waals surface area contributed by atoms with Crippen LogP contribution in [-0.4, -0.2) is 51.7 Å². The number of benzene rings is 2. The minimum Gasteiger partial charge on any atom is -0.492 e. The largest absolute Gasteiger partial charge is 0.492 e. The van der Waals surface area contributed by atoms with Crippen molar-refractivity contribution < 1.29 is 17.9 Å². The molecule has 1 N–H and O–H groups in total. The van der Waals surface area contributed by atoms with Gasteiger partial charge >= 0.3 is 0 Å². The quantitative estimate of drug-likeness (QED) is 0.448. The van der Waals surface area contributed by atoms with Gasteiger partial charge in [0, 0.05) is 24.5 Å². The van der Waals surface area contributed by atoms with Crippen LogP contribution in [-0.2, 0) is 10.0 Å². The van der Waals surface area contributed by atoms with Crippen molar-refractivity contribution in [2.75, 3.05) is 32.5 Å². The van der Waals surface area contributed by atoms with Crippen molar-refractivity contribution in [1.82, 2.24) is 9.62 Å². The molecule has 6 nitrogen and oxygen atoms in total. The summed E-state index contributed by atoms with van der Waals surface area (Å²) < 4.78 is 34.0. The fraction of sp³-hybridized carbons (Fsp3) is 0.435. The number of carbonyl (C=O) groups excluding carboxylic acids is 1. The van der Waals surface area contributed by atoms with Crippen molar-refractivity contribution in [2.24, 2.45) is 0 Å². The monoisotopic (exact) mass is 462 g/mol. The topological polar surface area (TPSA) is 75.7 Å². The Morgan fingerprint density at radius 3 is 2.55 bits per heavy atom. The van der Waals surface area contributed by atoms with Crippen LogP contribution >= 0.6 is 11.8 Å². The first-order chi connectivity index (χ1) is 14.8. The summed E-state index contributed by atoms with van der Waals surface area (Å²) in [5.74, 6) is 0.974. The Morgan fingerprint density at radius 2 is 1.87 bits per heavy atom. The van der Waals surface area contributed by atoms with E-state index in [4.69, 9.17) is 4.74 Å². The summed E-state index contributed by atoms with van der Waals surface area (Å²) in [4.78, 5) is 15.6. The molecule has 1 fully saturated rings. The zero-order valence-electron chi connectivity index (χ0n) is 18.3. The molecule has 0 atom stereocenters. The van der Waals surface area contributed by atoms with Crippen LogP contribution in [0.3, 0.4) is 0 Å². The number of likely N-dealkylation sites (tertiary alicyclic amines) is 1. The second-order valence-electron chi connectivity index (χ2n) is 7.80. The lowest BCUT2D eigenvalue weighted by molar-refractivity contribution is 0.0789. The number of carbonyl (C=O) groups is 1. The minimum absolute atomic E-state index is 0.0930. The van der Waals surface area contributed by atoms with Crippen LogP contribution in [0, 0.1) is 0 Å². The number of amides is 1. The van der Waals surface area contributed by atoms with Gasteiger partial charge in [-0.25, -0.2) is 13.1 Å². The van der Waals surface area contributed by atoms with E-state index < -0.39 is 10.0 Å². The molecule has 1 aliphatic rings. The zero-order chi connectivity index (χ0) is 22.4. The zero-order valence-corrected chi connectivity index (χ0v) is 19.9. The summed E-state index contributed by atoms with van der Waals surface area (Å²) in [6.45, 7) is 5.96. The van der Waals surface area contributed by atoms with Crippen molar-refractivity contribution in [3.8, 4) is 5.75 Å². The first-order valence-corrected chi connectivity index (χ1v) is 13.2. The number of hydrogen-bond acceptors (Lipinski definition) is 5. The summed E-state index contributed by atoms with van der Waals surface area (Å²) in [7, 11) is -3.76. The first-order valence-electron chi connectivity index (χ1n) is 10.5. The molecule has 0 unspecified atom stereocenters. The number of nitrogens with zero attached hydrogens (tertiary/aromatic N) is 1. The van der Waals surface area contributed by atoms with Crippen molar-refractivity contribution in [3.63, 3.8) is 0 Å². The lowest BCUT2D eigenvalue weighted by Crippen LogP contribution is -2.30. The van der Waals surface area contributed by atoms with E-state index >= 15 is 0 Å². The van der Waals surface area contributed by atoms with Crippen LogP contribution in [0.15, 0.2) is 52.3 Å². The highest BCUT2D eigenvalue weighted by Crippen LogP contribution is 2.27. The van der Waals surface area contributed by atoms with Gasteiger partial charge in [-0.05, 0) is 54.8 Å². The molecule has 3 rings (SSSR count). The third-order valence-corrected chi connectivity index (χ3v) is 7.55. The molecule has 1 amide bonds. The van der Waals surface area contributed by atoms with Gasteiger partial charge in [0.05, 0.1) is 10.5 Å². The van der Waals surface area contributed by atoms with E-state index in [9.17, 15) is 13.2 Å². The molecule has 8 heteroatoms. The van der Waals surface area contributed by atoms with Crippen molar-refractivity contribution in [1.29, 1.82) is 0 Å². The number of para-hydroxylation sites is 1. The predicted molar refractivity (Wildman–Crippen MR) is 125 cm³/mol. The Labute approximate surface area is 189 Å². The second kappa shape index (κ2) is 10.5. The summed E-state index contributed by atoms with van der Waals surface area (Å²) in [5.41, 5.74) is 1.53. The Bertz CT molecular complexity index is 1020. The average Bonchev–Trinajstić information content (AvgIpc) is 3.31. The lowest BCUT2D eigenvalue weighted by atomic mass is 10.0. The van der Waals surface area contributed by atoms with E-state index in [1.807, 2.05) is 30.5 Å². The minimum atomic E-state index is -3.76. The highest BCUT2D eigenvalue weighted by Gasteiger charge is 2.24. The van der Waals surface area contributed by atoms with Crippen molar-refractivity contribution >= 4 is 27.7 Å². The van der Waals surface area contributed by atoms with Gasteiger partial charge in [0.15, 0.2) is 0 Å². The third-order valence-electron chi connectivity index (χ3n) is 5.30. The van der Waals surface area contributed by atoms with Crippen LogP contribution in [0.25, 0.3) is 0 Å². The molecular weight excluding hydrogens is 432 g/mol. The highest BCUT2D eigenvalue weighted by atomic mass is 32.2. The second-order valence-corrected chi connectivity index (χ2v) is 10.4. The van der Waals surface area contributed by atoms with Crippen molar-refractivity contribution in [2.45, 2.75) is 42.4 Å². The number of hydrogen-bond donors (Lipinski definition) is 1. The standard InChI is InChI=1S/C23H30N2O4S2/c1-17(2)19-8-4-5-9-21(19)29-15-12-24-31(27,28)18-10-11-22(30-3)20(16-18)23(26)25-13-6-7-14-25/h4-5,8-11,16-17,24H,6-7,12-15H2,1-3H3. The van der Waals surface area contributed by atoms with E-state index in [1.54, 1.807) is 17.0 Å². The van der Waals surface area contributed by atoms with Crippen LogP contribution in [0.4, 0.5) is 0 Å². The van der Waals surface area contributed by atoms with Crippen LogP contribution in [0.1, 0.15) is 48.5 Å². The number of sulfonamides is 1. The Morgan fingerprint density at radius 1 is 1.16 bits per heavy atom. The van der Waals surface area contributed by atoms with Gasteiger partial charge in [0.1, 0.15) is 12.4 Å². The van der Waals surface area contributed by atoms with Gasteiger partial charge in [-0.1, -0.05) is 32.0 Å². The van der Waals surface area contributed by atoms with Crippen LogP contribution in [0.2, 0.25) is 0 Å². The van der Waals surface area contributed by atoms with E-state index in [0.29, 0.717) is 11.5 Å². The van der Waals surface area contributed by atoms with Gasteiger partial charge in [-0.15, -0.1) is 11.8 Å². The van der Waals surface area contributed by atoms with E-state index in [0.717, 1.165) is 42.1 Å². The molecule has 0 aromatic heterocycles. The van der Waals surface area contributed by atoms with Crippen molar-refractivity contribution in [3.05, 3.63) is 53.6 Å². The SMILES string of the molecule is CSc1ccc(S(=O)(=O)NCCOc2ccccc2C(C)C)cc1C(=O)N1CCCC1. The molecule has 1 heterocycles. The summed E-state index contributed by atoms with van der Waals surface area (Å²) in [6, 6.07) is 12.5.